The highest BCUT2D eigenvalue weighted by Crippen LogP contribution is 2.32. The Morgan fingerprint density at radius 3 is 2.44 bits per heavy atom. The molecule has 2 aromatic carbocycles. The molecule has 2 saturated heterocycles. The third-order valence-electron chi connectivity index (χ3n) is 6.72. The van der Waals surface area contributed by atoms with Crippen LogP contribution in [0.2, 0.25) is 0 Å². The Morgan fingerprint density at radius 2 is 1.81 bits per heavy atom. The molecule has 0 saturated carbocycles. The fourth-order valence-corrected chi connectivity index (χ4v) is 4.74. The molecule has 2 aliphatic rings. The Kier molecular flexibility index (Phi) is 8.00. The summed E-state index contributed by atoms with van der Waals surface area (Å²) in [4.78, 5) is 20.7. The van der Waals surface area contributed by atoms with E-state index in [-0.39, 0.29) is 22.4 Å². The molecule has 0 unspecified atom stereocenters. The molecule has 2 aliphatic heterocycles. The van der Waals surface area contributed by atoms with Gasteiger partial charge in [-0.2, -0.15) is 5.10 Å². The molecule has 8 nitrogen and oxygen atoms in total. The summed E-state index contributed by atoms with van der Waals surface area (Å²) in [5.74, 6) is -1.27. The number of nitrogens with two attached hydrogens (primary N) is 1. The van der Waals surface area contributed by atoms with E-state index in [9.17, 15) is 9.18 Å². The molecule has 36 heavy (non-hydrogen) atoms. The highest BCUT2D eigenvalue weighted by molar-refractivity contribution is 7.80. The van der Waals surface area contributed by atoms with Crippen LogP contribution in [0.3, 0.4) is 0 Å². The molecule has 2 fully saturated rings. The second-order valence-corrected chi connectivity index (χ2v) is 9.65. The summed E-state index contributed by atoms with van der Waals surface area (Å²) >= 11 is 4.80. The first kappa shape index (κ1) is 25.8. The summed E-state index contributed by atoms with van der Waals surface area (Å²) < 4.78 is 29.4. The largest absolute Gasteiger partial charge is 0.375 e. The number of nitrogens with zero attached hydrogens (tertiary/aromatic N) is 5. The molecule has 1 atom stereocenters. The lowest BCUT2D eigenvalue weighted by Gasteiger charge is -2.37. The zero-order valence-corrected chi connectivity index (χ0v) is 21.3. The fourth-order valence-electron chi connectivity index (χ4n) is 4.69. The van der Waals surface area contributed by atoms with Crippen LogP contribution in [0.15, 0.2) is 41.5 Å². The Balaban J connectivity index is 1.55. The lowest BCUT2D eigenvalue weighted by Crippen LogP contribution is -2.49. The number of amides is 1. The van der Waals surface area contributed by atoms with Crippen LogP contribution in [0.1, 0.15) is 22.3 Å². The van der Waals surface area contributed by atoms with E-state index in [1.165, 1.54) is 24.4 Å². The molecule has 2 heterocycles. The van der Waals surface area contributed by atoms with Crippen molar-refractivity contribution < 1.29 is 13.6 Å². The molecule has 0 radical (unpaired) electrons. The van der Waals surface area contributed by atoms with E-state index in [2.05, 4.69) is 34.4 Å². The van der Waals surface area contributed by atoms with E-state index in [0.717, 1.165) is 25.2 Å². The monoisotopic (exact) mass is 515 g/mol. The number of hydrazone groups is 1. The molecule has 1 amide bonds. The Hall–Kier alpha value is -3.31. The minimum absolute atomic E-state index is 0.0292. The van der Waals surface area contributed by atoms with Crippen LogP contribution >= 0.6 is 12.2 Å². The first-order chi connectivity index (χ1) is 17.2. The number of nitrogens with one attached hydrogen (secondary N) is 1. The van der Waals surface area contributed by atoms with Crippen molar-refractivity contribution in [3.8, 4) is 0 Å². The summed E-state index contributed by atoms with van der Waals surface area (Å²) in [5.41, 5.74) is 9.99. The van der Waals surface area contributed by atoms with Gasteiger partial charge in [0.15, 0.2) is 5.11 Å². The van der Waals surface area contributed by atoms with Gasteiger partial charge in [0, 0.05) is 56.6 Å². The van der Waals surface area contributed by atoms with Crippen molar-refractivity contribution >= 4 is 40.8 Å². The van der Waals surface area contributed by atoms with Crippen LogP contribution < -0.4 is 21.0 Å². The van der Waals surface area contributed by atoms with E-state index in [1.54, 1.807) is 17.0 Å². The average Bonchev–Trinajstić information content (AvgIpc) is 3.35. The van der Waals surface area contributed by atoms with Crippen LogP contribution in [0.25, 0.3) is 0 Å². The third-order valence-corrected chi connectivity index (χ3v) is 6.81. The highest BCUT2D eigenvalue weighted by atomic mass is 32.1. The third kappa shape index (κ3) is 5.73. The van der Waals surface area contributed by atoms with Gasteiger partial charge in [-0.3, -0.25) is 10.2 Å². The van der Waals surface area contributed by atoms with Gasteiger partial charge in [0.25, 0.3) is 5.91 Å². The normalized spacial score (nSPS) is 18.4. The van der Waals surface area contributed by atoms with Crippen LogP contribution in [0.5, 0.6) is 0 Å². The minimum atomic E-state index is -0.538. The molecule has 2 aromatic rings. The van der Waals surface area contributed by atoms with Crippen LogP contribution in [-0.2, 0) is 0 Å². The number of benzene rings is 2. The summed E-state index contributed by atoms with van der Waals surface area (Å²) in [7, 11) is 4.11. The van der Waals surface area contributed by atoms with Crippen molar-refractivity contribution in [3.63, 3.8) is 0 Å². The molecule has 0 bridgehead atoms. The lowest BCUT2D eigenvalue weighted by atomic mass is 10.1. The number of piperazine rings is 1. The molecule has 0 spiro atoms. The van der Waals surface area contributed by atoms with Gasteiger partial charge in [0.05, 0.1) is 17.5 Å². The molecule has 0 aliphatic carbocycles. The molecular weight excluding hydrogens is 484 g/mol. The lowest BCUT2D eigenvalue weighted by molar-refractivity contribution is 0.0742. The maximum absolute atomic E-state index is 15.3. The van der Waals surface area contributed by atoms with Gasteiger partial charge in [-0.25, -0.2) is 8.78 Å². The van der Waals surface area contributed by atoms with E-state index in [1.807, 2.05) is 11.0 Å². The van der Waals surface area contributed by atoms with Gasteiger partial charge < -0.3 is 25.3 Å². The minimum Gasteiger partial charge on any atom is -0.375 e. The predicted molar refractivity (Wildman–Crippen MR) is 143 cm³/mol. The standard InChI is InChI=1S/C25H31F2N7OS/c1-31(2)18-7-8-34(16-18)22-14-23(21(27)13-17(22)15-29-30-25(28)36)32-9-11-33(12-10-32)24(35)19-5-3-4-6-20(19)26/h3-6,13-15,18H,7-12,16H2,1-2H3,(H3,28,30,36)/b29-15+/t18-/m1/s1. The molecule has 192 valence electrons. The van der Waals surface area contributed by atoms with Crippen molar-refractivity contribution in [2.45, 2.75) is 12.5 Å². The van der Waals surface area contributed by atoms with Crippen LogP contribution in [0.4, 0.5) is 20.2 Å². The maximum Gasteiger partial charge on any atom is 0.256 e. The van der Waals surface area contributed by atoms with Crippen molar-refractivity contribution in [2.24, 2.45) is 10.8 Å². The number of carbonyl (C=O) groups is 1. The zero-order chi connectivity index (χ0) is 25.8. The van der Waals surface area contributed by atoms with E-state index in [4.69, 9.17) is 18.0 Å². The summed E-state index contributed by atoms with van der Waals surface area (Å²) in [5, 5.41) is 4.07. The zero-order valence-electron chi connectivity index (χ0n) is 20.5. The number of carbonyl (C=O) groups excluding carboxylic acids is 1. The van der Waals surface area contributed by atoms with Gasteiger partial charge >= 0.3 is 0 Å². The van der Waals surface area contributed by atoms with Crippen molar-refractivity contribution in [2.75, 3.05) is 63.2 Å². The summed E-state index contributed by atoms with van der Waals surface area (Å²) in [6, 6.07) is 9.68. The van der Waals surface area contributed by atoms with E-state index >= 15 is 4.39 Å². The number of hydrogen-bond acceptors (Lipinski definition) is 6. The molecule has 3 N–H and O–H groups in total. The van der Waals surface area contributed by atoms with Crippen molar-refractivity contribution in [1.82, 2.24) is 15.2 Å². The Labute approximate surface area is 215 Å². The first-order valence-corrected chi connectivity index (χ1v) is 12.3. The fraction of sp³-hybridized carbons (Fsp3) is 0.400. The van der Waals surface area contributed by atoms with Crippen LogP contribution in [-0.4, -0.2) is 86.4 Å². The smallest absolute Gasteiger partial charge is 0.256 e. The molecule has 4 rings (SSSR count). The highest BCUT2D eigenvalue weighted by Gasteiger charge is 2.29. The topological polar surface area (TPSA) is 80.4 Å². The number of rotatable bonds is 6. The van der Waals surface area contributed by atoms with Crippen molar-refractivity contribution in [1.29, 1.82) is 0 Å². The van der Waals surface area contributed by atoms with Gasteiger partial charge in [0.1, 0.15) is 11.6 Å². The van der Waals surface area contributed by atoms with E-state index in [0.29, 0.717) is 43.5 Å². The van der Waals surface area contributed by atoms with Crippen molar-refractivity contribution in [3.05, 3.63) is 59.2 Å². The SMILES string of the molecule is CN(C)[C@@H]1CCN(c2cc(N3CCN(C(=O)c4ccccc4F)CC3)c(F)cc2/C=N/NC(N)=S)C1. The number of likely N-dealkylation sites (N-methyl/N-ethyl adjacent to an activating group) is 1. The van der Waals surface area contributed by atoms with Crippen LogP contribution in [0, 0.1) is 11.6 Å². The van der Waals surface area contributed by atoms with Gasteiger partial charge in [-0.05, 0) is 57.0 Å². The number of halogens is 2. The number of hydrogen-bond donors (Lipinski definition) is 2. The molecule has 0 aromatic heterocycles. The summed E-state index contributed by atoms with van der Waals surface area (Å²) in [6.07, 6.45) is 2.52. The summed E-state index contributed by atoms with van der Waals surface area (Å²) in [6.45, 7) is 3.26. The number of anilines is 2. The maximum atomic E-state index is 15.3. The predicted octanol–water partition coefficient (Wildman–Crippen LogP) is 2.23. The molecule has 11 heteroatoms. The number of thiocarbonyl (C=S) groups is 1. The quantitative estimate of drug-likeness (QED) is 0.347. The van der Waals surface area contributed by atoms with Gasteiger partial charge in [-0.1, -0.05) is 12.1 Å². The first-order valence-electron chi connectivity index (χ1n) is 11.9. The molecular formula is C25H31F2N7OS. The van der Waals surface area contributed by atoms with E-state index < -0.39 is 5.82 Å². The Bertz CT molecular complexity index is 1150. The van der Waals surface area contributed by atoms with Gasteiger partial charge in [0.2, 0.25) is 0 Å². The Morgan fingerprint density at radius 1 is 1.08 bits per heavy atom. The average molecular weight is 516 g/mol. The second-order valence-electron chi connectivity index (χ2n) is 9.21. The second kappa shape index (κ2) is 11.2. The van der Waals surface area contributed by atoms with Gasteiger partial charge in [-0.15, -0.1) is 0 Å².